The van der Waals surface area contributed by atoms with E-state index in [1.54, 1.807) is 0 Å². The Labute approximate surface area is 43.0 Å². The number of aldehydes is 1. The summed E-state index contributed by atoms with van der Waals surface area (Å²) in [6.45, 7) is 1.99. The molecule has 0 aliphatic heterocycles. The molecule has 7 heavy (non-hydrogen) atoms. The number of allylic oxidation sites excluding steroid dienone is 2. The molecule has 1 rings (SSSR count). The van der Waals surface area contributed by atoms with E-state index in [2.05, 4.69) is 6.08 Å². The largest absolute Gasteiger partial charge is 0.303 e. The van der Waals surface area contributed by atoms with E-state index in [0.29, 0.717) is 0 Å². The molecule has 1 aliphatic rings. The van der Waals surface area contributed by atoms with Crippen molar-refractivity contribution in [2.75, 3.05) is 0 Å². The molecule has 38 valence electrons. The van der Waals surface area contributed by atoms with E-state index >= 15 is 0 Å². The second kappa shape index (κ2) is 1.49. The van der Waals surface area contributed by atoms with Crippen LogP contribution in [-0.4, -0.2) is 6.29 Å². The lowest BCUT2D eigenvalue weighted by Gasteiger charge is -2.16. The Balaban J connectivity index is 2.51. The molecule has 1 aliphatic carbocycles. The molecule has 0 aromatic rings. The van der Waals surface area contributed by atoms with Crippen LogP contribution in [0, 0.1) is 5.92 Å². The fourth-order valence-electron chi connectivity index (χ4n) is 0.653. The van der Waals surface area contributed by atoms with Crippen LogP contribution in [0.15, 0.2) is 11.6 Å². The van der Waals surface area contributed by atoms with Crippen molar-refractivity contribution in [3.8, 4) is 0 Å². The Morgan fingerprint density at radius 1 is 2.00 bits per heavy atom. The zero-order valence-corrected chi connectivity index (χ0v) is 4.35. The summed E-state index contributed by atoms with van der Waals surface area (Å²) in [5.74, 6) is 0.264. The second-order valence-corrected chi connectivity index (χ2v) is 1.93. The maximum atomic E-state index is 9.96. The minimum Gasteiger partial charge on any atom is -0.303 e. The summed E-state index contributed by atoms with van der Waals surface area (Å²) in [4.78, 5) is 9.96. The Hall–Kier alpha value is -0.590. The van der Waals surface area contributed by atoms with Gasteiger partial charge in [-0.15, -0.1) is 0 Å². The highest BCUT2D eigenvalue weighted by atomic mass is 16.1. The highest BCUT2D eigenvalue weighted by molar-refractivity contribution is 5.61. The van der Waals surface area contributed by atoms with E-state index in [9.17, 15) is 4.79 Å². The van der Waals surface area contributed by atoms with Crippen LogP contribution < -0.4 is 0 Å². The smallest absolute Gasteiger partial charge is 0.127 e. The first kappa shape index (κ1) is 4.57. The molecule has 0 N–H and O–H groups in total. The summed E-state index contributed by atoms with van der Waals surface area (Å²) in [6, 6.07) is 0. The van der Waals surface area contributed by atoms with Gasteiger partial charge in [-0.05, 0) is 13.3 Å². The van der Waals surface area contributed by atoms with Crippen LogP contribution in [-0.2, 0) is 4.79 Å². The number of carbonyl (C=O) groups is 1. The van der Waals surface area contributed by atoms with E-state index in [1.165, 1.54) is 5.57 Å². The Kier molecular flexibility index (Phi) is 0.970. The van der Waals surface area contributed by atoms with Gasteiger partial charge in [0.05, 0.1) is 0 Å². The van der Waals surface area contributed by atoms with Crippen molar-refractivity contribution in [2.45, 2.75) is 13.3 Å². The Morgan fingerprint density at radius 2 is 2.71 bits per heavy atom. The van der Waals surface area contributed by atoms with Crippen LogP contribution in [0.25, 0.3) is 0 Å². The van der Waals surface area contributed by atoms with Crippen LogP contribution in [0.5, 0.6) is 0 Å². The maximum Gasteiger partial charge on any atom is 0.127 e. The number of hydrogen-bond acceptors (Lipinski definition) is 1. The lowest BCUT2D eigenvalue weighted by Crippen LogP contribution is -2.10. The zero-order chi connectivity index (χ0) is 5.28. The molecule has 0 amide bonds. The van der Waals surface area contributed by atoms with Crippen molar-refractivity contribution in [3.05, 3.63) is 11.6 Å². The first-order valence-corrected chi connectivity index (χ1v) is 2.46. The van der Waals surface area contributed by atoms with Crippen LogP contribution in [0.1, 0.15) is 13.3 Å². The molecule has 1 nitrogen and oxygen atoms in total. The molecule has 0 aromatic heterocycles. The number of rotatable bonds is 1. The molecule has 1 unspecified atom stereocenters. The van der Waals surface area contributed by atoms with Crippen molar-refractivity contribution < 1.29 is 4.79 Å². The maximum absolute atomic E-state index is 9.96. The summed E-state index contributed by atoms with van der Waals surface area (Å²) >= 11 is 0. The van der Waals surface area contributed by atoms with Gasteiger partial charge < -0.3 is 4.79 Å². The fraction of sp³-hybridized carbons (Fsp3) is 0.500. The summed E-state index contributed by atoms with van der Waals surface area (Å²) in [5.41, 5.74) is 1.23. The van der Waals surface area contributed by atoms with Crippen LogP contribution in [0.4, 0.5) is 0 Å². The van der Waals surface area contributed by atoms with Crippen LogP contribution >= 0.6 is 0 Å². The van der Waals surface area contributed by atoms with Crippen molar-refractivity contribution >= 4 is 6.29 Å². The van der Waals surface area contributed by atoms with Crippen molar-refractivity contribution in [1.82, 2.24) is 0 Å². The normalized spacial score (nSPS) is 28.1. The third kappa shape index (κ3) is 0.581. The van der Waals surface area contributed by atoms with Gasteiger partial charge in [0.15, 0.2) is 0 Å². The molecular formula is C6H8O. The van der Waals surface area contributed by atoms with E-state index in [4.69, 9.17) is 0 Å². The minimum atomic E-state index is 0.264. The summed E-state index contributed by atoms with van der Waals surface area (Å²) < 4.78 is 0. The third-order valence-electron chi connectivity index (χ3n) is 1.44. The fourth-order valence-corrected chi connectivity index (χ4v) is 0.653. The quantitative estimate of drug-likeness (QED) is 0.353. The third-order valence-corrected chi connectivity index (χ3v) is 1.44. The van der Waals surface area contributed by atoms with Gasteiger partial charge in [0.25, 0.3) is 0 Å². The van der Waals surface area contributed by atoms with E-state index in [0.717, 1.165) is 12.7 Å². The van der Waals surface area contributed by atoms with Gasteiger partial charge in [-0.3, -0.25) is 0 Å². The minimum absolute atomic E-state index is 0.264. The average Bonchev–Trinajstić information content (AvgIpc) is 1.65. The lowest BCUT2D eigenvalue weighted by molar-refractivity contribution is -0.110. The Bertz CT molecular complexity index is 113. The highest BCUT2D eigenvalue weighted by Crippen LogP contribution is 2.23. The molecule has 0 radical (unpaired) electrons. The molecule has 0 saturated heterocycles. The summed E-state index contributed by atoms with van der Waals surface area (Å²) in [7, 11) is 0. The van der Waals surface area contributed by atoms with Crippen molar-refractivity contribution in [3.63, 3.8) is 0 Å². The van der Waals surface area contributed by atoms with E-state index < -0.39 is 0 Å². The monoisotopic (exact) mass is 96.1 g/mol. The highest BCUT2D eigenvalue weighted by Gasteiger charge is 2.14. The molecule has 0 saturated carbocycles. The van der Waals surface area contributed by atoms with Gasteiger partial charge in [-0.25, -0.2) is 0 Å². The van der Waals surface area contributed by atoms with Gasteiger partial charge in [-0.2, -0.15) is 0 Å². The molecule has 0 fully saturated rings. The molecule has 1 atom stereocenters. The first-order chi connectivity index (χ1) is 3.34. The van der Waals surface area contributed by atoms with Crippen molar-refractivity contribution in [1.29, 1.82) is 0 Å². The standard InChI is InChI=1S/C6H8O/c1-5-2-3-6(5)4-7/h2,4,6H,3H2,1H3. The predicted octanol–water partition coefficient (Wildman–Crippen LogP) is 1.15. The van der Waals surface area contributed by atoms with Crippen LogP contribution in [0.3, 0.4) is 0 Å². The van der Waals surface area contributed by atoms with E-state index in [-0.39, 0.29) is 5.92 Å². The van der Waals surface area contributed by atoms with Gasteiger partial charge in [0, 0.05) is 5.92 Å². The van der Waals surface area contributed by atoms with Crippen molar-refractivity contribution in [2.24, 2.45) is 5.92 Å². The van der Waals surface area contributed by atoms with Gasteiger partial charge in [0.2, 0.25) is 0 Å². The molecule has 0 spiro atoms. The number of carbonyl (C=O) groups excluding carboxylic acids is 1. The van der Waals surface area contributed by atoms with E-state index in [1.807, 2.05) is 6.92 Å². The SMILES string of the molecule is CC1=CCC1C=O. The summed E-state index contributed by atoms with van der Waals surface area (Å²) in [5, 5.41) is 0. The zero-order valence-electron chi connectivity index (χ0n) is 4.35. The molecule has 0 bridgehead atoms. The molecular weight excluding hydrogens is 88.1 g/mol. The predicted molar refractivity (Wildman–Crippen MR) is 27.9 cm³/mol. The molecule has 1 heteroatoms. The summed E-state index contributed by atoms with van der Waals surface area (Å²) in [6.07, 6.45) is 4.06. The Morgan fingerprint density at radius 3 is 2.71 bits per heavy atom. The lowest BCUT2D eigenvalue weighted by atomic mass is 9.88. The topological polar surface area (TPSA) is 17.1 Å². The number of hydrogen-bond donors (Lipinski definition) is 0. The van der Waals surface area contributed by atoms with Crippen LogP contribution in [0.2, 0.25) is 0 Å². The van der Waals surface area contributed by atoms with Gasteiger partial charge >= 0.3 is 0 Å². The molecule has 0 heterocycles. The molecule has 0 aromatic carbocycles. The van der Waals surface area contributed by atoms with Gasteiger partial charge in [0.1, 0.15) is 6.29 Å². The first-order valence-electron chi connectivity index (χ1n) is 2.46. The second-order valence-electron chi connectivity index (χ2n) is 1.93. The average molecular weight is 96.1 g/mol. The van der Waals surface area contributed by atoms with Gasteiger partial charge in [-0.1, -0.05) is 11.6 Å².